The van der Waals surface area contributed by atoms with Gasteiger partial charge in [0.15, 0.2) is 0 Å². The number of aromatic nitrogens is 1. The Balaban J connectivity index is 1.35. The van der Waals surface area contributed by atoms with E-state index >= 15 is 0 Å². The van der Waals surface area contributed by atoms with Gasteiger partial charge in [-0.1, -0.05) is 18.2 Å². The lowest BCUT2D eigenvalue weighted by atomic mass is 10.0. The molecule has 2 aliphatic rings. The Labute approximate surface area is 167 Å². The third-order valence-electron chi connectivity index (χ3n) is 6.21. The number of nitrogens with zero attached hydrogens (tertiary/aromatic N) is 4. The molecule has 152 valence electrons. The van der Waals surface area contributed by atoms with Gasteiger partial charge in [0.05, 0.1) is 6.61 Å². The number of aryl methyl sites for hydroxylation is 1. The van der Waals surface area contributed by atoms with Crippen LogP contribution in [0.2, 0.25) is 0 Å². The van der Waals surface area contributed by atoms with Gasteiger partial charge in [-0.2, -0.15) is 0 Å². The molecule has 6 heteroatoms. The van der Waals surface area contributed by atoms with Gasteiger partial charge >= 0.3 is 6.09 Å². The lowest BCUT2D eigenvalue weighted by Gasteiger charge is -2.43. The number of benzene rings is 1. The minimum absolute atomic E-state index is 0.164. The van der Waals surface area contributed by atoms with Crippen molar-refractivity contribution >= 4 is 17.0 Å². The summed E-state index contributed by atoms with van der Waals surface area (Å²) in [5, 5.41) is 1.37. The second-order valence-electron chi connectivity index (χ2n) is 8.04. The van der Waals surface area contributed by atoms with Gasteiger partial charge in [0.1, 0.15) is 0 Å². The van der Waals surface area contributed by atoms with Gasteiger partial charge < -0.3 is 14.2 Å². The van der Waals surface area contributed by atoms with Gasteiger partial charge in [0.2, 0.25) is 0 Å². The SMILES string of the molecule is CCOC(=O)N1CCN(C2CCCN(Cc3cn(C)c4ccccc34)C2)CC1. The summed E-state index contributed by atoms with van der Waals surface area (Å²) in [5.41, 5.74) is 2.73. The zero-order valence-corrected chi connectivity index (χ0v) is 17.1. The number of piperazine rings is 1. The molecule has 2 fully saturated rings. The number of amides is 1. The lowest BCUT2D eigenvalue weighted by Crippen LogP contribution is -2.55. The largest absolute Gasteiger partial charge is 0.450 e. The number of likely N-dealkylation sites (tertiary alicyclic amines) is 1. The van der Waals surface area contributed by atoms with Crippen molar-refractivity contribution < 1.29 is 9.53 Å². The minimum atomic E-state index is -0.164. The maximum absolute atomic E-state index is 11.9. The molecule has 1 atom stereocenters. The van der Waals surface area contributed by atoms with Crippen LogP contribution in [0, 0.1) is 0 Å². The summed E-state index contributed by atoms with van der Waals surface area (Å²) >= 11 is 0. The highest BCUT2D eigenvalue weighted by atomic mass is 16.6. The van der Waals surface area contributed by atoms with Crippen LogP contribution in [0.25, 0.3) is 10.9 Å². The smallest absolute Gasteiger partial charge is 0.409 e. The molecule has 0 N–H and O–H groups in total. The Kier molecular flexibility index (Phi) is 5.87. The molecule has 0 bridgehead atoms. The summed E-state index contributed by atoms with van der Waals surface area (Å²) in [6.07, 6.45) is 4.62. The summed E-state index contributed by atoms with van der Waals surface area (Å²) in [7, 11) is 2.13. The number of hydrogen-bond donors (Lipinski definition) is 0. The summed E-state index contributed by atoms with van der Waals surface area (Å²) in [6, 6.07) is 9.27. The molecule has 0 saturated carbocycles. The highest BCUT2D eigenvalue weighted by Crippen LogP contribution is 2.24. The van der Waals surface area contributed by atoms with Gasteiger partial charge in [-0.05, 0) is 37.9 Å². The monoisotopic (exact) mass is 384 g/mol. The van der Waals surface area contributed by atoms with E-state index in [1.165, 1.54) is 35.9 Å². The fourth-order valence-corrected chi connectivity index (χ4v) is 4.75. The van der Waals surface area contributed by atoms with E-state index in [4.69, 9.17) is 4.74 Å². The average molecular weight is 385 g/mol. The van der Waals surface area contributed by atoms with E-state index in [9.17, 15) is 4.79 Å². The third-order valence-corrected chi connectivity index (χ3v) is 6.21. The Morgan fingerprint density at radius 3 is 2.71 bits per heavy atom. The molecule has 2 aromatic rings. The zero-order chi connectivity index (χ0) is 19.5. The number of ether oxygens (including phenoxy) is 1. The highest BCUT2D eigenvalue weighted by Gasteiger charge is 2.30. The number of rotatable bonds is 4. The molecular weight excluding hydrogens is 352 g/mol. The maximum atomic E-state index is 11.9. The van der Waals surface area contributed by atoms with Crippen LogP contribution in [0.15, 0.2) is 30.5 Å². The van der Waals surface area contributed by atoms with Crippen LogP contribution in [0.4, 0.5) is 4.79 Å². The first-order chi connectivity index (χ1) is 13.7. The zero-order valence-electron chi connectivity index (χ0n) is 17.1. The van der Waals surface area contributed by atoms with E-state index in [0.717, 1.165) is 39.3 Å². The summed E-state index contributed by atoms with van der Waals surface area (Å²) < 4.78 is 7.38. The average Bonchev–Trinajstić information content (AvgIpc) is 3.04. The number of carbonyl (C=O) groups excluding carboxylic acids is 1. The third kappa shape index (κ3) is 4.03. The number of fused-ring (bicyclic) bond motifs is 1. The van der Waals surface area contributed by atoms with Crippen molar-refractivity contribution in [1.82, 2.24) is 19.3 Å². The van der Waals surface area contributed by atoms with Crippen molar-refractivity contribution in [3.8, 4) is 0 Å². The first-order valence-electron chi connectivity index (χ1n) is 10.6. The van der Waals surface area contributed by atoms with Crippen molar-refractivity contribution in [2.24, 2.45) is 7.05 Å². The first-order valence-corrected chi connectivity index (χ1v) is 10.6. The summed E-state index contributed by atoms with van der Waals surface area (Å²) in [6.45, 7) is 9.06. The molecule has 6 nitrogen and oxygen atoms in total. The molecule has 28 heavy (non-hydrogen) atoms. The molecule has 2 aliphatic heterocycles. The molecule has 1 unspecified atom stereocenters. The number of hydrogen-bond acceptors (Lipinski definition) is 4. The van der Waals surface area contributed by atoms with Gasteiger partial charge in [0.25, 0.3) is 0 Å². The molecule has 2 saturated heterocycles. The van der Waals surface area contributed by atoms with E-state index in [0.29, 0.717) is 12.6 Å². The molecule has 3 heterocycles. The number of piperidine rings is 1. The van der Waals surface area contributed by atoms with Crippen molar-refractivity contribution in [1.29, 1.82) is 0 Å². The summed E-state index contributed by atoms with van der Waals surface area (Å²) in [4.78, 5) is 18.9. The Bertz CT molecular complexity index is 810. The first kappa shape index (κ1) is 19.3. The standard InChI is InChI=1S/C22H32N4O2/c1-3-28-22(27)26-13-11-25(12-14-26)19-7-6-10-24(17-19)16-18-15-23(2)21-9-5-4-8-20(18)21/h4-5,8-9,15,19H,3,6-7,10-14,16-17H2,1-2H3. The fraction of sp³-hybridized carbons (Fsp3) is 0.591. The van der Waals surface area contributed by atoms with Crippen LogP contribution in [0.1, 0.15) is 25.3 Å². The second-order valence-corrected chi connectivity index (χ2v) is 8.04. The summed E-state index contributed by atoms with van der Waals surface area (Å²) in [5.74, 6) is 0. The molecule has 1 amide bonds. The quantitative estimate of drug-likeness (QED) is 0.813. The van der Waals surface area contributed by atoms with E-state index < -0.39 is 0 Å². The van der Waals surface area contributed by atoms with Crippen LogP contribution in [-0.4, -0.2) is 77.3 Å². The van der Waals surface area contributed by atoms with Crippen molar-refractivity contribution in [3.05, 3.63) is 36.0 Å². The molecule has 4 rings (SSSR count). The van der Waals surface area contributed by atoms with Crippen molar-refractivity contribution in [2.45, 2.75) is 32.4 Å². The van der Waals surface area contributed by atoms with Gasteiger partial charge in [-0.15, -0.1) is 0 Å². The van der Waals surface area contributed by atoms with E-state index in [1.807, 2.05) is 11.8 Å². The van der Waals surface area contributed by atoms with Crippen LogP contribution in [0.3, 0.4) is 0 Å². The van der Waals surface area contributed by atoms with Gasteiger partial charge in [-0.3, -0.25) is 9.80 Å². The predicted molar refractivity (Wildman–Crippen MR) is 111 cm³/mol. The van der Waals surface area contributed by atoms with E-state index in [-0.39, 0.29) is 6.09 Å². The predicted octanol–water partition coefficient (Wildman–Crippen LogP) is 2.92. The number of para-hydroxylation sites is 1. The minimum Gasteiger partial charge on any atom is -0.450 e. The van der Waals surface area contributed by atoms with Crippen molar-refractivity contribution in [2.75, 3.05) is 45.9 Å². The lowest BCUT2D eigenvalue weighted by molar-refractivity contribution is 0.0413. The van der Waals surface area contributed by atoms with Gasteiger partial charge in [0, 0.05) is 69.5 Å². The Morgan fingerprint density at radius 2 is 1.93 bits per heavy atom. The Hall–Kier alpha value is -2.05. The maximum Gasteiger partial charge on any atom is 0.409 e. The Morgan fingerprint density at radius 1 is 1.14 bits per heavy atom. The molecule has 1 aromatic carbocycles. The van der Waals surface area contributed by atoms with E-state index in [1.54, 1.807) is 0 Å². The van der Waals surface area contributed by atoms with E-state index in [2.05, 4.69) is 51.9 Å². The topological polar surface area (TPSA) is 41.0 Å². The molecule has 1 aromatic heterocycles. The highest BCUT2D eigenvalue weighted by molar-refractivity contribution is 5.83. The van der Waals surface area contributed by atoms with Crippen LogP contribution < -0.4 is 0 Å². The van der Waals surface area contributed by atoms with Gasteiger partial charge in [-0.25, -0.2) is 4.79 Å². The van der Waals surface area contributed by atoms with Crippen molar-refractivity contribution in [3.63, 3.8) is 0 Å². The molecular formula is C22H32N4O2. The molecule has 0 aliphatic carbocycles. The van der Waals surface area contributed by atoms with Crippen LogP contribution >= 0.6 is 0 Å². The van der Waals surface area contributed by atoms with Crippen LogP contribution in [0.5, 0.6) is 0 Å². The molecule has 0 radical (unpaired) electrons. The second kappa shape index (κ2) is 8.53. The molecule has 0 spiro atoms. The fourth-order valence-electron chi connectivity index (χ4n) is 4.75. The normalized spacial score (nSPS) is 21.9. The number of carbonyl (C=O) groups is 1. The van der Waals surface area contributed by atoms with Crippen LogP contribution in [-0.2, 0) is 18.3 Å².